The maximum atomic E-state index is 12.1. The SMILES string of the molecule is O=C(CSc1nc2ccccc2s1)NCc1ccc(N2CCOCC2)nc1. The highest BCUT2D eigenvalue weighted by Gasteiger charge is 2.12. The molecule has 3 aromatic rings. The van der Waals surface area contributed by atoms with E-state index < -0.39 is 0 Å². The second-order valence-electron chi connectivity index (χ2n) is 6.14. The maximum Gasteiger partial charge on any atom is 0.230 e. The monoisotopic (exact) mass is 400 g/mol. The first-order valence-electron chi connectivity index (χ1n) is 8.80. The molecule has 3 heterocycles. The van der Waals surface area contributed by atoms with Crippen molar-refractivity contribution in [3.63, 3.8) is 0 Å². The van der Waals surface area contributed by atoms with Gasteiger partial charge < -0.3 is 15.0 Å². The van der Waals surface area contributed by atoms with Gasteiger partial charge in [-0.3, -0.25) is 4.79 Å². The second-order valence-corrected chi connectivity index (χ2v) is 8.39. The van der Waals surface area contributed by atoms with Gasteiger partial charge >= 0.3 is 0 Å². The molecule has 0 atom stereocenters. The van der Waals surface area contributed by atoms with E-state index in [1.165, 1.54) is 11.8 Å². The average molecular weight is 401 g/mol. The van der Waals surface area contributed by atoms with Crippen molar-refractivity contribution in [2.45, 2.75) is 10.9 Å². The molecule has 1 aliphatic heterocycles. The lowest BCUT2D eigenvalue weighted by molar-refractivity contribution is -0.118. The van der Waals surface area contributed by atoms with Crippen LogP contribution in [0.15, 0.2) is 46.9 Å². The molecule has 1 N–H and O–H groups in total. The number of hydrogen-bond acceptors (Lipinski definition) is 7. The van der Waals surface area contributed by atoms with E-state index in [1.54, 1.807) is 11.3 Å². The molecule has 0 radical (unpaired) electrons. The van der Waals surface area contributed by atoms with Crippen molar-refractivity contribution in [3.05, 3.63) is 48.2 Å². The summed E-state index contributed by atoms with van der Waals surface area (Å²) in [7, 11) is 0. The van der Waals surface area contributed by atoms with Gasteiger partial charge in [0.2, 0.25) is 5.91 Å². The molecule has 6 nitrogen and oxygen atoms in total. The van der Waals surface area contributed by atoms with Crippen LogP contribution in [0.2, 0.25) is 0 Å². The number of anilines is 1. The predicted octanol–water partition coefficient (Wildman–Crippen LogP) is 2.94. The van der Waals surface area contributed by atoms with E-state index in [1.807, 2.05) is 42.6 Å². The fourth-order valence-corrected chi connectivity index (χ4v) is 4.69. The number of nitrogens with one attached hydrogen (secondary N) is 1. The standard InChI is InChI=1S/C19H20N4O2S2/c24-18(13-26-19-22-15-3-1-2-4-16(15)27-19)21-12-14-5-6-17(20-11-14)23-7-9-25-10-8-23/h1-6,11H,7-10,12-13H2,(H,21,24). The number of ether oxygens (including phenoxy) is 1. The number of amides is 1. The van der Waals surface area contributed by atoms with E-state index in [0.717, 1.165) is 52.2 Å². The highest BCUT2D eigenvalue weighted by Crippen LogP contribution is 2.29. The van der Waals surface area contributed by atoms with E-state index in [0.29, 0.717) is 12.3 Å². The molecule has 8 heteroatoms. The first kappa shape index (κ1) is 18.2. The molecule has 0 bridgehead atoms. The lowest BCUT2D eigenvalue weighted by Gasteiger charge is -2.27. The summed E-state index contributed by atoms with van der Waals surface area (Å²) in [6.07, 6.45) is 1.83. The summed E-state index contributed by atoms with van der Waals surface area (Å²) in [5.74, 6) is 1.32. The summed E-state index contributed by atoms with van der Waals surface area (Å²) in [6, 6.07) is 12.0. The summed E-state index contributed by atoms with van der Waals surface area (Å²) in [5.41, 5.74) is 1.97. The number of benzene rings is 1. The van der Waals surface area contributed by atoms with Crippen molar-refractivity contribution in [1.82, 2.24) is 15.3 Å². The number of morpholine rings is 1. The molecule has 140 valence electrons. The molecule has 1 saturated heterocycles. The molecule has 1 amide bonds. The third-order valence-corrected chi connectivity index (χ3v) is 6.41. The quantitative estimate of drug-likeness (QED) is 0.642. The predicted molar refractivity (Wildman–Crippen MR) is 109 cm³/mol. The Balaban J connectivity index is 1.25. The summed E-state index contributed by atoms with van der Waals surface area (Å²) in [6.45, 7) is 3.70. The zero-order chi connectivity index (χ0) is 18.5. The maximum absolute atomic E-state index is 12.1. The lowest BCUT2D eigenvalue weighted by atomic mass is 10.2. The van der Waals surface area contributed by atoms with Gasteiger partial charge in [0.15, 0.2) is 4.34 Å². The van der Waals surface area contributed by atoms with Crippen LogP contribution in [0.3, 0.4) is 0 Å². The number of pyridine rings is 1. The van der Waals surface area contributed by atoms with Crippen molar-refractivity contribution in [2.24, 2.45) is 0 Å². The van der Waals surface area contributed by atoms with Gasteiger partial charge in [-0.15, -0.1) is 11.3 Å². The van der Waals surface area contributed by atoms with Crippen molar-refractivity contribution in [1.29, 1.82) is 0 Å². The Morgan fingerprint density at radius 2 is 2.07 bits per heavy atom. The number of nitrogens with zero attached hydrogens (tertiary/aromatic N) is 3. The third kappa shape index (κ3) is 4.77. The van der Waals surface area contributed by atoms with Crippen LogP contribution in [-0.4, -0.2) is 47.9 Å². The van der Waals surface area contributed by atoms with Crippen LogP contribution in [0, 0.1) is 0 Å². The fraction of sp³-hybridized carbons (Fsp3) is 0.316. The Hall–Kier alpha value is -2.16. The van der Waals surface area contributed by atoms with Crippen LogP contribution in [0.4, 0.5) is 5.82 Å². The molecule has 2 aromatic heterocycles. The van der Waals surface area contributed by atoms with E-state index >= 15 is 0 Å². The normalized spacial score (nSPS) is 14.4. The zero-order valence-electron chi connectivity index (χ0n) is 14.8. The average Bonchev–Trinajstić information content (AvgIpc) is 3.15. The van der Waals surface area contributed by atoms with Crippen molar-refractivity contribution < 1.29 is 9.53 Å². The molecule has 0 saturated carbocycles. The van der Waals surface area contributed by atoms with Crippen molar-refractivity contribution >= 4 is 45.0 Å². The molecule has 1 aliphatic rings. The van der Waals surface area contributed by atoms with Crippen LogP contribution in [0.1, 0.15) is 5.56 Å². The minimum Gasteiger partial charge on any atom is -0.378 e. The first-order chi connectivity index (χ1) is 13.3. The van der Waals surface area contributed by atoms with Crippen LogP contribution in [0.25, 0.3) is 10.2 Å². The van der Waals surface area contributed by atoms with E-state index in [4.69, 9.17) is 4.74 Å². The number of hydrogen-bond donors (Lipinski definition) is 1. The first-order valence-corrected chi connectivity index (χ1v) is 10.6. The van der Waals surface area contributed by atoms with Crippen LogP contribution < -0.4 is 10.2 Å². The number of rotatable bonds is 6. The number of fused-ring (bicyclic) bond motifs is 1. The Labute approximate surface area is 166 Å². The highest BCUT2D eigenvalue weighted by molar-refractivity contribution is 8.01. The van der Waals surface area contributed by atoms with Crippen LogP contribution >= 0.6 is 23.1 Å². The molecule has 4 rings (SSSR count). The van der Waals surface area contributed by atoms with Crippen molar-refractivity contribution in [2.75, 3.05) is 37.0 Å². The molecule has 27 heavy (non-hydrogen) atoms. The smallest absolute Gasteiger partial charge is 0.230 e. The Morgan fingerprint density at radius 3 is 2.85 bits per heavy atom. The number of thiazole rings is 1. The molecule has 0 unspecified atom stereocenters. The van der Waals surface area contributed by atoms with Gasteiger partial charge in [0, 0.05) is 25.8 Å². The van der Waals surface area contributed by atoms with Gasteiger partial charge in [-0.25, -0.2) is 9.97 Å². The third-order valence-electron chi connectivity index (χ3n) is 4.23. The van der Waals surface area contributed by atoms with Gasteiger partial charge in [0.25, 0.3) is 0 Å². The Morgan fingerprint density at radius 1 is 1.22 bits per heavy atom. The summed E-state index contributed by atoms with van der Waals surface area (Å²) >= 11 is 3.09. The van der Waals surface area contributed by atoms with Crippen molar-refractivity contribution in [3.8, 4) is 0 Å². The Bertz CT molecular complexity index is 874. The van der Waals surface area contributed by atoms with Crippen LogP contribution in [0.5, 0.6) is 0 Å². The van der Waals surface area contributed by atoms with E-state index in [-0.39, 0.29) is 5.91 Å². The largest absolute Gasteiger partial charge is 0.378 e. The topological polar surface area (TPSA) is 67.4 Å². The van der Waals surface area contributed by atoms with Gasteiger partial charge in [-0.05, 0) is 23.8 Å². The fourth-order valence-electron chi connectivity index (χ4n) is 2.79. The summed E-state index contributed by atoms with van der Waals surface area (Å²) in [4.78, 5) is 23.4. The zero-order valence-corrected chi connectivity index (χ0v) is 16.4. The number of para-hydroxylation sites is 1. The second kappa shape index (κ2) is 8.69. The number of aromatic nitrogens is 2. The van der Waals surface area contributed by atoms with Gasteiger partial charge in [0.1, 0.15) is 5.82 Å². The summed E-state index contributed by atoms with van der Waals surface area (Å²) < 4.78 is 7.42. The molecule has 1 aromatic carbocycles. The number of thioether (sulfide) groups is 1. The van der Waals surface area contributed by atoms with Gasteiger partial charge in [0.05, 0.1) is 29.2 Å². The van der Waals surface area contributed by atoms with E-state index in [9.17, 15) is 4.79 Å². The van der Waals surface area contributed by atoms with Gasteiger partial charge in [-0.1, -0.05) is 30.0 Å². The van der Waals surface area contributed by atoms with Gasteiger partial charge in [-0.2, -0.15) is 0 Å². The lowest BCUT2D eigenvalue weighted by Crippen LogP contribution is -2.36. The molecular weight excluding hydrogens is 380 g/mol. The van der Waals surface area contributed by atoms with E-state index in [2.05, 4.69) is 20.2 Å². The molecule has 0 spiro atoms. The van der Waals surface area contributed by atoms with Crippen LogP contribution in [-0.2, 0) is 16.1 Å². The number of carbonyl (C=O) groups is 1. The molecule has 1 fully saturated rings. The Kier molecular flexibility index (Phi) is 5.86. The minimum absolute atomic E-state index is 0.00323. The minimum atomic E-state index is -0.00323. The number of carbonyl (C=O) groups excluding carboxylic acids is 1. The summed E-state index contributed by atoms with van der Waals surface area (Å²) in [5, 5.41) is 2.95. The highest BCUT2D eigenvalue weighted by atomic mass is 32.2. The molecule has 0 aliphatic carbocycles. The molecular formula is C19H20N4O2S2.